The van der Waals surface area contributed by atoms with Gasteiger partial charge in [-0.05, 0) is 11.3 Å². The van der Waals surface area contributed by atoms with Gasteiger partial charge >= 0.3 is 0 Å². The highest BCUT2D eigenvalue weighted by Crippen LogP contribution is 2.17. The van der Waals surface area contributed by atoms with E-state index in [2.05, 4.69) is 37.2 Å². The third-order valence-corrected chi connectivity index (χ3v) is 3.67. The summed E-state index contributed by atoms with van der Waals surface area (Å²) in [6, 6.07) is -0.269. The topological polar surface area (TPSA) is 58.4 Å². The van der Waals surface area contributed by atoms with Crippen molar-refractivity contribution in [3.8, 4) is 0 Å². The molecule has 0 aliphatic heterocycles. The fraction of sp³-hybridized carbons (Fsp3) is 0.706. The van der Waals surface area contributed by atoms with Gasteiger partial charge in [-0.15, -0.1) is 38.0 Å². The predicted octanol–water partition coefficient (Wildman–Crippen LogP) is 3.02. The first-order valence-electron chi connectivity index (χ1n) is 7.64. The lowest BCUT2D eigenvalue weighted by Gasteiger charge is -2.34. The van der Waals surface area contributed by atoms with Gasteiger partial charge in [-0.1, -0.05) is 46.8 Å². The number of nitrogens with two attached hydrogens (primary N) is 1. The molecule has 3 N–H and O–H groups in total. The Balaban J connectivity index is -0.00000200. The summed E-state index contributed by atoms with van der Waals surface area (Å²) in [7, 11) is 0. The van der Waals surface area contributed by atoms with Crippen molar-refractivity contribution >= 4 is 30.7 Å². The first-order valence-corrected chi connectivity index (χ1v) is 7.64. The number of amides is 1. The number of nitrogens with one attached hydrogen (secondary N) is 1. The van der Waals surface area contributed by atoms with Gasteiger partial charge < -0.3 is 11.1 Å². The Morgan fingerprint density at radius 1 is 1.17 bits per heavy atom. The van der Waals surface area contributed by atoms with Crippen molar-refractivity contribution < 1.29 is 4.79 Å². The molecule has 23 heavy (non-hydrogen) atoms. The summed E-state index contributed by atoms with van der Waals surface area (Å²) in [5.41, 5.74) is 5.76. The van der Waals surface area contributed by atoms with E-state index in [9.17, 15) is 4.79 Å². The second-order valence-electron chi connectivity index (χ2n) is 6.93. The van der Waals surface area contributed by atoms with E-state index in [0.29, 0.717) is 12.5 Å². The number of hydrogen-bond acceptors (Lipinski definition) is 3. The molecule has 4 nitrogen and oxygen atoms in total. The van der Waals surface area contributed by atoms with E-state index in [1.165, 1.54) is 0 Å². The monoisotopic (exact) mass is 367 g/mol. The van der Waals surface area contributed by atoms with Crippen LogP contribution in [0.5, 0.6) is 0 Å². The van der Waals surface area contributed by atoms with Crippen molar-refractivity contribution in [1.82, 2.24) is 10.2 Å². The van der Waals surface area contributed by atoms with Crippen LogP contribution in [-0.2, 0) is 4.79 Å². The summed E-state index contributed by atoms with van der Waals surface area (Å²) in [4.78, 5) is 14.4. The van der Waals surface area contributed by atoms with Crippen LogP contribution in [0.1, 0.15) is 34.6 Å². The summed E-state index contributed by atoms with van der Waals surface area (Å²) in [5, 5.41) is 2.99. The van der Waals surface area contributed by atoms with Crippen LogP contribution in [-0.4, -0.2) is 42.5 Å². The van der Waals surface area contributed by atoms with Crippen LogP contribution in [0, 0.1) is 11.3 Å². The molecule has 2 atom stereocenters. The molecule has 0 radical (unpaired) electrons. The fourth-order valence-electron chi connectivity index (χ4n) is 2.17. The van der Waals surface area contributed by atoms with Gasteiger partial charge in [0, 0.05) is 25.7 Å². The van der Waals surface area contributed by atoms with Crippen LogP contribution in [0.25, 0.3) is 0 Å². The number of nitrogens with zero attached hydrogens (tertiary/aromatic N) is 1. The molecule has 0 aliphatic rings. The molecule has 0 spiro atoms. The van der Waals surface area contributed by atoms with Crippen molar-refractivity contribution in [3.63, 3.8) is 0 Å². The van der Waals surface area contributed by atoms with Crippen LogP contribution in [0.3, 0.4) is 0 Å². The Labute approximate surface area is 154 Å². The van der Waals surface area contributed by atoms with Crippen molar-refractivity contribution in [1.29, 1.82) is 0 Å². The Morgan fingerprint density at radius 3 is 1.91 bits per heavy atom. The number of rotatable bonds is 9. The third kappa shape index (κ3) is 10.0. The standard InChI is InChI=1S/C17H33N3O.2ClH/c1-8-10-20(11-9-2)14(13(3)4)12-19-16(21)15(18)17(5,6)7;;/h8-9,13-15H,1-2,10-12,18H2,3-7H3,(H,19,21);2*1H/t14?,15-;;/m1../s1. The molecule has 0 aromatic carbocycles. The lowest BCUT2D eigenvalue weighted by molar-refractivity contribution is -0.124. The van der Waals surface area contributed by atoms with E-state index in [1.54, 1.807) is 0 Å². The Morgan fingerprint density at radius 2 is 1.61 bits per heavy atom. The molecular formula is C17H35Cl2N3O. The Kier molecular flexibility index (Phi) is 15.2. The highest BCUT2D eigenvalue weighted by molar-refractivity contribution is 5.85. The number of hydrogen-bond donors (Lipinski definition) is 2. The summed E-state index contributed by atoms with van der Waals surface area (Å²) < 4.78 is 0. The molecule has 0 heterocycles. The summed E-state index contributed by atoms with van der Waals surface area (Å²) in [6.07, 6.45) is 3.75. The maximum Gasteiger partial charge on any atom is 0.237 e. The fourth-order valence-corrected chi connectivity index (χ4v) is 2.17. The lowest BCUT2D eigenvalue weighted by Crippen LogP contribution is -2.53. The summed E-state index contributed by atoms with van der Waals surface area (Å²) >= 11 is 0. The molecule has 0 bridgehead atoms. The van der Waals surface area contributed by atoms with Gasteiger partial charge in [0.2, 0.25) is 5.91 Å². The molecule has 0 fully saturated rings. The van der Waals surface area contributed by atoms with Crippen LogP contribution in [0.4, 0.5) is 0 Å². The van der Waals surface area contributed by atoms with E-state index >= 15 is 0 Å². The number of carbonyl (C=O) groups excluding carboxylic acids is 1. The normalized spacial score (nSPS) is 13.6. The maximum atomic E-state index is 12.2. The predicted molar refractivity (Wildman–Crippen MR) is 106 cm³/mol. The van der Waals surface area contributed by atoms with Gasteiger partial charge in [-0.25, -0.2) is 0 Å². The van der Waals surface area contributed by atoms with Crippen LogP contribution in [0.2, 0.25) is 0 Å². The van der Waals surface area contributed by atoms with E-state index in [1.807, 2.05) is 32.9 Å². The van der Waals surface area contributed by atoms with E-state index in [-0.39, 0.29) is 42.2 Å². The highest BCUT2D eigenvalue weighted by Gasteiger charge is 2.28. The van der Waals surface area contributed by atoms with Gasteiger partial charge in [0.15, 0.2) is 0 Å². The second-order valence-corrected chi connectivity index (χ2v) is 6.93. The zero-order valence-electron chi connectivity index (χ0n) is 15.2. The first kappa shape index (κ1) is 27.3. The van der Waals surface area contributed by atoms with Crippen LogP contribution < -0.4 is 11.1 Å². The van der Waals surface area contributed by atoms with E-state index in [4.69, 9.17) is 5.73 Å². The summed E-state index contributed by atoms with van der Waals surface area (Å²) in [6.45, 7) is 19.9. The van der Waals surface area contributed by atoms with Gasteiger partial charge in [0.05, 0.1) is 6.04 Å². The van der Waals surface area contributed by atoms with E-state index in [0.717, 1.165) is 13.1 Å². The zero-order valence-corrected chi connectivity index (χ0v) is 16.8. The highest BCUT2D eigenvalue weighted by atomic mass is 35.5. The quantitative estimate of drug-likeness (QED) is 0.615. The van der Waals surface area contributed by atoms with Gasteiger partial charge in [0.1, 0.15) is 0 Å². The first-order chi connectivity index (χ1) is 9.65. The molecule has 1 unspecified atom stereocenters. The largest absolute Gasteiger partial charge is 0.353 e. The minimum Gasteiger partial charge on any atom is -0.353 e. The molecule has 6 heteroatoms. The van der Waals surface area contributed by atoms with Crippen molar-refractivity contribution in [2.45, 2.75) is 46.7 Å². The van der Waals surface area contributed by atoms with Crippen molar-refractivity contribution in [2.75, 3.05) is 19.6 Å². The molecular weight excluding hydrogens is 333 g/mol. The van der Waals surface area contributed by atoms with E-state index < -0.39 is 6.04 Å². The molecule has 0 aromatic rings. The zero-order chi connectivity index (χ0) is 16.6. The van der Waals surface area contributed by atoms with Crippen LogP contribution in [0.15, 0.2) is 25.3 Å². The van der Waals surface area contributed by atoms with Gasteiger partial charge in [-0.2, -0.15) is 0 Å². The molecule has 1 amide bonds. The smallest absolute Gasteiger partial charge is 0.237 e. The number of carbonyl (C=O) groups is 1. The minimum atomic E-state index is -0.502. The lowest BCUT2D eigenvalue weighted by atomic mass is 9.87. The maximum absolute atomic E-state index is 12.2. The van der Waals surface area contributed by atoms with Gasteiger partial charge in [-0.3, -0.25) is 9.69 Å². The Hall–Kier alpha value is -0.550. The molecule has 0 aliphatic carbocycles. The molecule has 0 rings (SSSR count). The summed E-state index contributed by atoms with van der Waals surface area (Å²) in [5.74, 6) is 0.321. The van der Waals surface area contributed by atoms with Crippen molar-refractivity contribution in [2.24, 2.45) is 17.1 Å². The number of halogens is 2. The molecule has 0 saturated carbocycles. The average molecular weight is 368 g/mol. The molecule has 0 aromatic heterocycles. The molecule has 138 valence electrons. The third-order valence-electron chi connectivity index (χ3n) is 3.67. The van der Waals surface area contributed by atoms with Crippen LogP contribution >= 0.6 is 24.8 Å². The second kappa shape index (κ2) is 12.8. The average Bonchev–Trinajstić information content (AvgIpc) is 2.36. The molecule has 0 saturated heterocycles. The van der Waals surface area contributed by atoms with Crippen molar-refractivity contribution in [3.05, 3.63) is 25.3 Å². The minimum absolute atomic E-state index is 0. The SMILES string of the molecule is C=CCN(CC=C)C(CNC(=O)[C@@H](N)C(C)(C)C)C(C)C.Cl.Cl. The Bertz CT molecular complexity index is 344. The van der Waals surface area contributed by atoms with Gasteiger partial charge in [0.25, 0.3) is 0 Å².